The van der Waals surface area contributed by atoms with Crippen LogP contribution in [0.15, 0.2) is 48.7 Å². The van der Waals surface area contributed by atoms with E-state index in [9.17, 15) is 9.59 Å². The van der Waals surface area contributed by atoms with E-state index in [0.29, 0.717) is 29.7 Å². The molecule has 1 aromatic heterocycles. The zero-order chi connectivity index (χ0) is 16.5. The summed E-state index contributed by atoms with van der Waals surface area (Å²) in [5, 5.41) is 10.6. The van der Waals surface area contributed by atoms with E-state index in [0.717, 1.165) is 17.5 Å². The lowest BCUT2D eigenvalue weighted by Crippen LogP contribution is -2.25. The third-order valence-corrected chi connectivity index (χ3v) is 4.24. The first kappa shape index (κ1) is 14.4. The van der Waals surface area contributed by atoms with E-state index in [2.05, 4.69) is 15.5 Å². The van der Waals surface area contributed by atoms with Crippen molar-refractivity contribution in [2.24, 2.45) is 0 Å². The van der Waals surface area contributed by atoms with Crippen molar-refractivity contribution in [1.29, 1.82) is 0 Å². The Bertz CT molecular complexity index is 931. The molecule has 6 heteroatoms. The molecule has 0 unspecified atom stereocenters. The zero-order valence-corrected chi connectivity index (χ0v) is 13.0. The molecule has 120 valence electrons. The number of carbonyl (C=O) groups excluding carboxylic acids is 2. The number of para-hydroxylation sites is 3. The first-order valence-electron chi connectivity index (χ1n) is 7.87. The van der Waals surface area contributed by atoms with Crippen LogP contribution in [-0.4, -0.2) is 28.6 Å². The topological polar surface area (TPSA) is 78.1 Å². The normalized spacial score (nSPS) is 14.3. The first-order valence-corrected chi connectivity index (χ1v) is 7.87. The van der Waals surface area contributed by atoms with Crippen LogP contribution < -0.4 is 10.2 Å². The maximum Gasteiger partial charge on any atom is 0.257 e. The Kier molecular flexibility index (Phi) is 3.49. The van der Waals surface area contributed by atoms with Crippen LogP contribution in [0.1, 0.15) is 23.2 Å². The van der Waals surface area contributed by atoms with Crippen molar-refractivity contribution in [3.05, 3.63) is 54.2 Å². The van der Waals surface area contributed by atoms with Gasteiger partial charge in [-0.15, -0.1) is 0 Å². The number of carbonyl (C=O) groups is 2. The van der Waals surface area contributed by atoms with Crippen LogP contribution in [0.25, 0.3) is 10.9 Å². The van der Waals surface area contributed by atoms with Gasteiger partial charge in [0, 0.05) is 18.4 Å². The van der Waals surface area contributed by atoms with Crippen LogP contribution in [0.2, 0.25) is 0 Å². The van der Waals surface area contributed by atoms with Crippen LogP contribution in [0.4, 0.5) is 11.4 Å². The van der Waals surface area contributed by atoms with Crippen molar-refractivity contribution >= 4 is 34.1 Å². The van der Waals surface area contributed by atoms with E-state index < -0.39 is 0 Å². The predicted octanol–water partition coefficient (Wildman–Crippen LogP) is 2.94. The van der Waals surface area contributed by atoms with Gasteiger partial charge in [-0.1, -0.05) is 24.3 Å². The number of fused-ring (bicyclic) bond motifs is 1. The van der Waals surface area contributed by atoms with Gasteiger partial charge in [0.2, 0.25) is 5.91 Å². The second-order valence-corrected chi connectivity index (χ2v) is 5.76. The highest BCUT2D eigenvalue weighted by Crippen LogP contribution is 2.30. The van der Waals surface area contributed by atoms with Crippen LogP contribution >= 0.6 is 0 Å². The highest BCUT2D eigenvalue weighted by molar-refractivity contribution is 6.13. The summed E-state index contributed by atoms with van der Waals surface area (Å²) in [5.74, 6) is -0.142. The smallest absolute Gasteiger partial charge is 0.257 e. The lowest BCUT2D eigenvalue weighted by molar-refractivity contribution is -0.117. The molecule has 2 aromatic carbocycles. The third kappa shape index (κ3) is 2.42. The number of anilines is 2. The minimum absolute atomic E-state index is 0.0902. The van der Waals surface area contributed by atoms with Crippen LogP contribution in [0, 0.1) is 0 Å². The molecule has 4 rings (SSSR count). The van der Waals surface area contributed by atoms with E-state index in [4.69, 9.17) is 0 Å². The van der Waals surface area contributed by atoms with Crippen molar-refractivity contribution in [1.82, 2.24) is 10.2 Å². The molecule has 0 saturated carbocycles. The van der Waals surface area contributed by atoms with Gasteiger partial charge in [0.25, 0.3) is 5.91 Å². The molecule has 2 N–H and O–H groups in total. The van der Waals surface area contributed by atoms with Crippen molar-refractivity contribution in [3.8, 4) is 0 Å². The molecule has 0 aliphatic carbocycles. The second kappa shape index (κ2) is 5.81. The van der Waals surface area contributed by atoms with Gasteiger partial charge in [-0.05, 0) is 24.6 Å². The molecule has 3 aromatic rings. The number of aromatic nitrogens is 2. The average molecular weight is 320 g/mol. The maximum absolute atomic E-state index is 12.7. The van der Waals surface area contributed by atoms with E-state index in [-0.39, 0.29) is 11.8 Å². The maximum atomic E-state index is 12.7. The number of hydrogen-bond donors (Lipinski definition) is 2. The Labute approximate surface area is 138 Å². The SMILES string of the molecule is O=C(Nc1ccccc1N1CCCC1=O)c1cccc2cn[nH]c12. The lowest BCUT2D eigenvalue weighted by atomic mass is 10.1. The fourth-order valence-corrected chi connectivity index (χ4v) is 3.07. The highest BCUT2D eigenvalue weighted by Gasteiger charge is 2.24. The lowest BCUT2D eigenvalue weighted by Gasteiger charge is -2.20. The summed E-state index contributed by atoms with van der Waals surface area (Å²) in [5.41, 5.74) is 2.59. The van der Waals surface area contributed by atoms with Gasteiger partial charge in [0.15, 0.2) is 0 Å². The minimum atomic E-state index is -0.232. The molecular weight excluding hydrogens is 304 g/mol. The number of rotatable bonds is 3. The van der Waals surface area contributed by atoms with E-state index >= 15 is 0 Å². The van der Waals surface area contributed by atoms with Crippen molar-refractivity contribution in [3.63, 3.8) is 0 Å². The summed E-state index contributed by atoms with van der Waals surface area (Å²) in [7, 11) is 0. The van der Waals surface area contributed by atoms with Gasteiger partial charge in [-0.25, -0.2) is 0 Å². The Morgan fingerprint density at radius 3 is 2.88 bits per heavy atom. The Balaban J connectivity index is 1.67. The van der Waals surface area contributed by atoms with Crippen LogP contribution in [0.5, 0.6) is 0 Å². The van der Waals surface area contributed by atoms with E-state index in [1.54, 1.807) is 17.2 Å². The van der Waals surface area contributed by atoms with Crippen LogP contribution in [-0.2, 0) is 4.79 Å². The molecule has 0 spiro atoms. The second-order valence-electron chi connectivity index (χ2n) is 5.76. The zero-order valence-electron chi connectivity index (χ0n) is 13.0. The molecule has 2 heterocycles. The Morgan fingerprint density at radius 1 is 1.17 bits per heavy atom. The van der Waals surface area contributed by atoms with Gasteiger partial charge in [-0.2, -0.15) is 5.10 Å². The molecule has 0 bridgehead atoms. The highest BCUT2D eigenvalue weighted by atomic mass is 16.2. The quantitative estimate of drug-likeness (QED) is 0.779. The van der Waals surface area contributed by atoms with Crippen molar-refractivity contribution in [2.75, 3.05) is 16.8 Å². The Hall–Kier alpha value is -3.15. The molecular formula is C18H16N4O2. The van der Waals surface area contributed by atoms with Crippen molar-refractivity contribution in [2.45, 2.75) is 12.8 Å². The number of hydrogen-bond acceptors (Lipinski definition) is 3. The minimum Gasteiger partial charge on any atom is -0.320 e. The number of benzene rings is 2. The molecule has 1 fully saturated rings. The third-order valence-electron chi connectivity index (χ3n) is 4.24. The van der Waals surface area contributed by atoms with Gasteiger partial charge in [0.1, 0.15) is 0 Å². The summed E-state index contributed by atoms with van der Waals surface area (Å²) < 4.78 is 0. The van der Waals surface area contributed by atoms with Gasteiger partial charge >= 0.3 is 0 Å². The summed E-state index contributed by atoms with van der Waals surface area (Å²) in [4.78, 5) is 26.5. The molecule has 0 radical (unpaired) electrons. The number of nitrogens with zero attached hydrogens (tertiary/aromatic N) is 2. The van der Waals surface area contributed by atoms with Gasteiger partial charge in [0.05, 0.1) is 28.7 Å². The largest absolute Gasteiger partial charge is 0.320 e. The fourth-order valence-electron chi connectivity index (χ4n) is 3.07. The summed E-state index contributed by atoms with van der Waals surface area (Å²) in [6.07, 6.45) is 3.08. The summed E-state index contributed by atoms with van der Waals surface area (Å²) in [6.45, 7) is 0.682. The monoisotopic (exact) mass is 320 g/mol. The molecule has 1 aliphatic rings. The molecule has 2 amide bonds. The van der Waals surface area contributed by atoms with Gasteiger partial charge in [-0.3, -0.25) is 14.7 Å². The Morgan fingerprint density at radius 2 is 2.04 bits per heavy atom. The summed E-state index contributed by atoms with van der Waals surface area (Å²) in [6, 6.07) is 12.8. The first-order chi connectivity index (χ1) is 11.7. The predicted molar refractivity (Wildman–Crippen MR) is 92.1 cm³/mol. The number of aromatic amines is 1. The fraction of sp³-hybridized carbons (Fsp3) is 0.167. The molecule has 0 atom stereocenters. The molecule has 1 aliphatic heterocycles. The van der Waals surface area contributed by atoms with Crippen molar-refractivity contribution < 1.29 is 9.59 Å². The van der Waals surface area contributed by atoms with E-state index in [1.807, 2.05) is 36.4 Å². The molecule has 6 nitrogen and oxygen atoms in total. The van der Waals surface area contributed by atoms with E-state index in [1.165, 1.54) is 0 Å². The number of nitrogens with one attached hydrogen (secondary N) is 2. The standard InChI is InChI=1S/C18H16N4O2/c23-16-9-4-10-22(16)15-8-2-1-7-14(15)20-18(24)13-6-3-5-12-11-19-21-17(12)13/h1-3,5-8,11H,4,9-10H2,(H,19,21)(H,20,24). The molecule has 1 saturated heterocycles. The average Bonchev–Trinajstić information content (AvgIpc) is 3.23. The number of H-pyrrole nitrogens is 1. The number of amides is 2. The van der Waals surface area contributed by atoms with Gasteiger partial charge < -0.3 is 10.2 Å². The molecule has 24 heavy (non-hydrogen) atoms. The summed E-state index contributed by atoms with van der Waals surface area (Å²) >= 11 is 0. The van der Waals surface area contributed by atoms with Crippen LogP contribution in [0.3, 0.4) is 0 Å².